The van der Waals surface area contributed by atoms with Gasteiger partial charge in [0.25, 0.3) is 0 Å². The van der Waals surface area contributed by atoms with E-state index in [-0.39, 0.29) is 11.4 Å². The van der Waals surface area contributed by atoms with Crippen molar-refractivity contribution in [2.24, 2.45) is 7.05 Å². The Balaban J connectivity index is 1.18. The van der Waals surface area contributed by atoms with E-state index in [0.717, 1.165) is 54.9 Å². The van der Waals surface area contributed by atoms with Gasteiger partial charge in [0.2, 0.25) is 0 Å². The maximum Gasteiger partial charge on any atom is 0.322 e. The van der Waals surface area contributed by atoms with Crippen molar-refractivity contribution in [1.82, 2.24) is 25.0 Å². The van der Waals surface area contributed by atoms with Crippen LogP contribution in [0.25, 0.3) is 16.3 Å². The minimum atomic E-state index is -0.100. The summed E-state index contributed by atoms with van der Waals surface area (Å²) in [7, 11) is 1.88. The molecule has 0 bridgehead atoms. The Kier molecular flexibility index (Phi) is 6.90. The number of carbonyl (C=O) groups excluding carboxylic acids is 1. The summed E-state index contributed by atoms with van der Waals surface area (Å²) in [6.45, 7) is 3.88. The third-order valence-corrected chi connectivity index (χ3v) is 9.31. The molecule has 1 saturated heterocycles. The fourth-order valence-electron chi connectivity index (χ4n) is 5.68. The molecule has 2 amide bonds. The molecule has 7 nitrogen and oxygen atoms in total. The Hall–Kier alpha value is -2.91. The molecule has 0 unspecified atom stereocenters. The summed E-state index contributed by atoms with van der Waals surface area (Å²) in [6.07, 6.45) is 7.96. The molecule has 0 radical (unpaired) electrons. The molecule has 2 aromatic heterocycles. The van der Waals surface area contributed by atoms with Gasteiger partial charge < -0.3 is 5.32 Å². The normalized spacial score (nSPS) is 17.1. The molecule has 1 spiro atoms. The van der Waals surface area contributed by atoms with Gasteiger partial charge in [-0.1, -0.05) is 41.4 Å². The van der Waals surface area contributed by atoms with Crippen LogP contribution in [0.5, 0.6) is 0 Å². The average Bonchev–Trinajstić information content (AvgIpc) is 3.63. The molecule has 1 fully saturated rings. The van der Waals surface area contributed by atoms with Crippen molar-refractivity contribution < 1.29 is 4.79 Å². The average molecular weight is 568 g/mol. The highest BCUT2D eigenvalue weighted by molar-refractivity contribution is 7.16. The highest BCUT2D eigenvalue weighted by atomic mass is 35.5. The van der Waals surface area contributed by atoms with Crippen LogP contribution in [0.3, 0.4) is 0 Å². The van der Waals surface area contributed by atoms with E-state index in [1.165, 1.54) is 10.3 Å². The minimum Gasteiger partial charge on any atom is -0.332 e. The van der Waals surface area contributed by atoms with Gasteiger partial charge >= 0.3 is 6.03 Å². The number of nitrogens with one attached hydrogen (secondary N) is 1. The van der Waals surface area contributed by atoms with Crippen LogP contribution in [0.15, 0.2) is 54.2 Å². The maximum atomic E-state index is 13.4. The maximum absolute atomic E-state index is 13.4. The first-order valence-electron chi connectivity index (χ1n) is 12.7. The lowest BCUT2D eigenvalue weighted by atomic mass is 9.74. The van der Waals surface area contributed by atoms with Gasteiger partial charge in [-0.15, -0.1) is 11.3 Å². The first-order valence-corrected chi connectivity index (χ1v) is 14.3. The Morgan fingerprint density at radius 1 is 1.16 bits per heavy atom. The van der Waals surface area contributed by atoms with Gasteiger partial charge in [-0.05, 0) is 61.8 Å². The summed E-state index contributed by atoms with van der Waals surface area (Å²) >= 11 is 13.8. The zero-order chi connectivity index (χ0) is 26.3. The third-order valence-electron chi connectivity index (χ3n) is 7.78. The van der Waals surface area contributed by atoms with Gasteiger partial charge in [-0.3, -0.25) is 14.5 Å². The fraction of sp³-hybridized carbons (Fsp3) is 0.321. The van der Waals surface area contributed by atoms with Gasteiger partial charge in [-0.25, -0.2) is 9.78 Å². The minimum absolute atomic E-state index is 0.0779. The molecule has 6 rings (SSSR count). The van der Waals surface area contributed by atoms with Gasteiger partial charge in [0.1, 0.15) is 0 Å². The number of hydrogen-bond acceptors (Lipinski definition) is 5. The fourth-order valence-corrected chi connectivity index (χ4v) is 6.67. The number of amides is 2. The number of rotatable bonds is 5. The van der Waals surface area contributed by atoms with Crippen molar-refractivity contribution in [3.63, 3.8) is 0 Å². The van der Waals surface area contributed by atoms with Crippen LogP contribution in [0, 0.1) is 0 Å². The van der Waals surface area contributed by atoms with E-state index >= 15 is 0 Å². The van der Waals surface area contributed by atoms with Crippen LogP contribution < -0.4 is 10.2 Å². The van der Waals surface area contributed by atoms with Crippen LogP contribution in [-0.4, -0.2) is 51.9 Å². The highest BCUT2D eigenvalue weighted by Gasteiger charge is 2.47. The van der Waals surface area contributed by atoms with Crippen molar-refractivity contribution in [2.45, 2.75) is 24.8 Å². The second-order valence-corrected chi connectivity index (χ2v) is 11.7. The lowest BCUT2D eigenvalue weighted by Gasteiger charge is -2.39. The number of likely N-dealkylation sites (tertiary alicyclic amines) is 1. The van der Waals surface area contributed by atoms with Crippen LogP contribution in [0.1, 0.15) is 29.7 Å². The van der Waals surface area contributed by atoms with E-state index in [0.29, 0.717) is 23.1 Å². The number of anilines is 1. The highest BCUT2D eigenvalue weighted by Crippen LogP contribution is 2.50. The van der Waals surface area contributed by atoms with Crippen LogP contribution in [0.2, 0.25) is 10.0 Å². The van der Waals surface area contributed by atoms with Crippen molar-refractivity contribution in [2.75, 3.05) is 31.1 Å². The van der Waals surface area contributed by atoms with E-state index in [9.17, 15) is 4.79 Å². The number of fused-ring (bicyclic) bond motifs is 4. The quantitative estimate of drug-likeness (QED) is 0.316. The molecule has 38 heavy (non-hydrogen) atoms. The number of hydrogen-bond donors (Lipinski definition) is 1. The Morgan fingerprint density at radius 2 is 2.00 bits per heavy atom. The van der Waals surface area contributed by atoms with Crippen LogP contribution >= 0.6 is 34.5 Å². The van der Waals surface area contributed by atoms with Gasteiger partial charge in [0.05, 0.1) is 43.7 Å². The molecule has 10 heteroatoms. The molecule has 2 aromatic carbocycles. The number of carbonyl (C=O) groups is 1. The molecule has 4 heterocycles. The monoisotopic (exact) mass is 566 g/mol. The summed E-state index contributed by atoms with van der Waals surface area (Å²) < 4.78 is 2.96. The molecule has 196 valence electrons. The summed E-state index contributed by atoms with van der Waals surface area (Å²) in [5, 5.41) is 8.44. The topological polar surface area (TPSA) is 66.3 Å². The van der Waals surface area contributed by atoms with Crippen LogP contribution in [0.4, 0.5) is 10.5 Å². The van der Waals surface area contributed by atoms with Crippen molar-refractivity contribution in [1.29, 1.82) is 0 Å². The zero-order valence-corrected chi connectivity index (χ0v) is 23.4. The zero-order valence-electron chi connectivity index (χ0n) is 21.0. The number of halogens is 2. The van der Waals surface area contributed by atoms with E-state index in [1.54, 1.807) is 22.2 Å². The first-order chi connectivity index (χ1) is 18.4. The second kappa shape index (κ2) is 10.3. The number of urea groups is 1. The van der Waals surface area contributed by atoms with E-state index in [4.69, 9.17) is 28.2 Å². The molecular formula is C28H28Cl2N6OS. The van der Waals surface area contributed by atoms with E-state index < -0.39 is 0 Å². The molecule has 2 aliphatic rings. The lowest BCUT2D eigenvalue weighted by Crippen LogP contribution is -2.47. The molecule has 0 saturated carbocycles. The standard InChI is InChI=1S/C28H28Cl2N6OS/c1-34-20(8-11-33-34)16-31-27(37)36-17-28(25-23(36)6-7-24-26(25)32-18-38-24)9-13-35(14-10-28)12-2-3-19-4-5-21(29)22(30)15-19/h2-8,11,15,18H,9-10,12-14,16-17H2,1H3,(H,31,37)/b3-2+. The summed E-state index contributed by atoms with van der Waals surface area (Å²) in [4.78, 5) is 22.6. The summed E-state index contributed by atoms with van der Waals surface area (Å²) in [5.41, 5.74) is 7.07. The predicted molar refractivity (Wildman–Crippen MR) is 155 cm³/mol. The Labute approximate surface area is 235 Å². The molecule has 1 N–H and O–H groups in total. The van der Waals surface area contributed by atoms with E-state index in [2.05, 4.69) is 39.6 Å². The summed E-state index contributed by atoms with van der Waals surface area (Å²) in [6, 6.07) is 11.7. The van der Waals surface area contributed by atoms with Crippen LogP contribution in [-0.2, 0) is 19.0 Å². The van der Waals surface area contributed by atoms with Crippen molar-refractivity contribution in [3.05, 3.63) is 81.0 Å². The number of thiazole rings is 1. The number of aromatic nitrogens is 3. The first kappa shape index (κ1) is 25.4. The van der Waals surface area contributed by atoms with Crippen molar-refractivity contribution in [3.8, 4) is 0 Å². The molecule has 4 aromatic rings. The Morgan fingerprint density at radius 3 is 2.76 bits per heavy atom. The van der Waals surface area contributed by atoms with Gasteiger partial charge in [-0.2, -0.15) is 5.10 Å². The largest absolute Gasteiger partial charge is 0.332 e. The molecule has 2 aliphatic heterocycles. The van der Waals surface area contributed by atoms with Gasteiger partial charge in [0, 0.05) is 37.3 Å². The molecular weight excluding hydrogens is 539 g/mol. The molecule has 0 atom stereocenters. The number of piperidine rings is 1. The SMILES string of the molecule is Cn1nccc1CNC(=O)N1CC2(CCN(C/C=C/c3ccc(Cl)c(Cl)c3)CC2)c2c1ccc1scnc21. The number of benzene rings is 2. The number of aryl methyl sites for hydroxylation is 1. The van der Waals surface area contributed by atoms with Crippen molar-refractivity contribution >= 4 is 62.5 Å². The summed E-state index contributed by atoms with van der Waals surface area (Å²) in [5.74, 6) is 0. The molecule has 0 aliphatic carbocycles. The van der Waals surface area contributed by atoms with Gasteiger partial charge in [0.15, 0.2) is 0 Å². The van der Waals surface area contributed by atoms with E-state index in [1.807, 2.05) is 41.7 Å². The Bertz CT molecular complexity index is 1520. The lowest BCUT2D eigenvalue weighted by molar-refractivity contribution is 0.180. The smallest absolute Gasteiger partial charge is 0.322 e. The predicted octanol–water partition coefficient (Wildman–Crippen LogP) is 6.11. The second-order valence-electron chi connectivity index (χ2n) is 10.0. The number of nitrogens with zero attached hydrogens (tertiary/aromatic N) is 5. The third kappa shape index (κ3) is 4.71.